The Morgan fingerprint density at radius 3 is 1.28 bits per heavy atom. The molecule has 0 unspecified atom stereocenters. The lowest BCUT2D eigenvalue weighted by Crippen LogP contribution is -2.51. The van der Waals surface area contributed by atoms with Gasteiger partial charge in [0.1, 0.15) is 70.8 Å². The molecule has 2 atom stereocenters. The number of carbonyl (C=O) groups excluding carboxylic acids is 5. The second-order valence-electron chi connectivity index (χ2n) is 22.6. The van der Waals surface area contributed by atoms with Crippen molar-refractivity contribution in [3.63, 3.8) is 0 Å². The third kappa shape index (κ3) is 15.9. The van der Waals surface area contributed by atoms with Crippen molar-refractivity contribution in [3.8, 4) is 22.9 Å². The summed E-state index contributed by atoms with van der Waals surface area (Å²) in [4.78, 5) is 81.5. The number of benzene rings is 4. The molecular formula is C61H68F6N8O12. The van der Waals surface area contributed by atoms with Crippen molar-refractivity contribution in [3.05, 3.63) is 142 Å². The molecule has 8 rings (SSSR count). The first-order valence-corrected chi connectivity index (χ1v) is 27.4. The van der Waals surface area contributed by atoms with Crippen LogP contribution >= 0.6 is 0 Å². The van der Waals surface area contributed by atoms with E-state index in [0.717, 1.165) is 42.4 Å². The lowest BCUT2D eigenvalue weighted by molar-refractivity contribution is -0.144. The standard InChI is InChI=1S/C31H35F3N4O6.C30H33F3N4O6/c1-19-22-14-15-37(28(40)24(17-27(39)42-6)36(5)29(41)44-30(2,3)4)23(22)12-13-25(19)43-18-20-16-26(31(32,33)34)38(35-20)21-10-8-7-9-11-21;1-18-21-13-14-36(27(40)23(16-26(38)39)35(5)28(41)43-29(2,3)4)22(21)11-12-24(18)42-17-19-15-25(30(31,32)33)37(34-19)20-9-7-6-8-10-20/h7-13,16,24H,14-15,17-18H2,1-6H3;6-12,15,23H,13-14,16-17H2,1-5H3,(H,38,39)/t24-;23-/m11/s1. The number of carbonyl (C=O) groups is 6. The minimum Gasteiger partial charge on any atom is -0.487 e. The monoisotopic (exact) mass is 1220 g/mol. The lowest BCUT2D eigenvalue weighted by Gasteiger charge is -2.32. The predicted octanol–water partition coefficient (Wildman–Crippen LogP) is 10.8. The second kappa shape index (κ2) is 26.3. The molecule has 6 aromatic rings. The Labute approximate surface area is 498 Å². The van der Waals surface area contributed by atoms with Crippen LogP contribution in [0.15, 0.2) is 97.1 Å². The summed E-state index contributed by atoms with van der Waals surface area (Å²) in [5.41, 5.74) is 1.29. The van der Waals surface area contributed by atoms with Crippen molar-refractivity contribution in [2.45, 2.75) is 130 Å². The Hall–Kier alpha value is -9.10. The average Bonchev–Trinajstić information content (AvgIpc) is 1.81. The molecule has 2 aliphatic rings. The third-order valence-electron chi connectivity index (χ3n) is 14.0. The number of carboxylic acid groups (broad SMARTS) is 1. The molecule has 26 heteroatoms. The lowest BCUT2D eigenvalue weighted by atomic mass is 10.0. The molecule has 0 spiro atoms. The van der Waals surface area contributed by atoms with Gasteiger partial charge in [0.2, 0.25) is 0 Å². The van der Waals surface area contributed by atoms with Crippen LogP contribution in [-0.2, 0) is 71.8 Å². The number of alkyl halides is 6. The molecule has 466 valence electrons. The molecule has 2 aliphatic heterocycles. The van der Waals surface area contributed by atoms with Crippen LogP contribution < -0.4 is 19.3 Å². The number of para-hydroxylation sites is 2. The van der Waals surface area contributed by atoms with E-state index in [-0.39, 0.29) is 55.5 Å². The highest BCUT2D eigenvalue weighted by Gasteiger charge is 2.42. The number of rotatable bonds is 16. The van der Waals surface area contributed by atoms with E-state index in [2.05, 4.69) is 10.2 Å². The number of amides is 4. The van der Waals surface area contributed by atoms with Crippen LogP contribution in [0.1, 0.15) is 99.4 Å². The first-order chi connectivity index (χ1) is 40.7. The smallest absolute Gasteiger partial charge is 0.433 e. The number of aliphatic carboxylic acids is 1. The van der Waals surface area contributed by atoms with Crippen molar-refractivity contribution in [1.82, 2.24) is 29.4 Å². The van der Waals surface area contributed by atoms with Gasteiger partial charge in [-0.3, -0.25) is 29.0 Å². The normalized spacial score (nSPS) is 13.8. The van der Waals surface area contributed by atoms with E-state index >= 15 is 0 Å². The summed E-state index contributed by atoms with van der Waals surface area (Å²) in [5, 5.41) is 17.7. The SMILES string of the molecule is COC(=O)C[C@H](C(=O)N1CCc2c1ccc(OCc1cc(C(F)(F)F)n(-c3ccccc3)n1)c2C)N(C)C(=O)OC(C)(C)C.Cc1c(OCc2cc(C(F)(F)F)n(-c3ccccc3)n2)ccc2c1CCN2C(=O)[C@@H](CC(=O)O)N(C)C(=O)OC(C)(C)C. The zero-order chi connectivity index (χ0) is 64.1. The number of fused-ring (bicyclic) bond motifs is 2. The fourth-order valence-corrected chi connectivity index (χ4v) is 9.75. The number of methoxy groups -OCH3 is 1. The molecule has 2 aromatic heterocycles. The van der Waals surface area contributed by atoms with Gasteiger partial charge in [0.05, 0.1) is 31.3 Å². The number of halogens is 6. The van der Waals surface area contributed by atoms with E-state index in [1.165, 1.54) is 55.3 Å². The van der Waals surface area contributed by atoms with Gasteiger partial charge in [-0.25, -0.2) is 19.0 Å². The van der Waals surface area contributed by atoms with Crippen LogP contribution in [0.4, 0.5) is 47.3 Å². The molecule has 0 radical (unpaired) electrons. The molecular weight excluding hydrogens is 1150 g/mol. The quantitative estimate of drug-likeness (QED) is 0.0542. The minimum absolute atomic E-state index is 0.0783. The average molecular weight is 1220 g/mol. The Morgan fingerprint density at radius 1 is 0.575 bits per heavy atom. The first-order valence-electron chi connectivity index (χ1n) is 27.4. The highest BCUT2D eigenvalue weighted by Crippen LogP contribution is 2.40. The van der Waals surface area contributed by atoms with Gasteiger partial charge in [-0.05, 0) is 151 Å². The molecule has 4 amide bonds. The van der Waals surface area contributed by atoms with Crippen LogP contribution in [0.3, 0.4) is 0 Å². The van der Waals surface area contributed by atoms with Crippen molar-refractivity contribution in [2.24, 2.45) is 0 Å². The Balaban J connectivity index is 0.000000249. The van der Waals surface area contributed by atoms with Gasteiger partial charge in [-0.15, -0.1) is 0 Å². The van der Waals surface area contributed by atoms with Crippen LogP contribution in [-0.4, -0.2) is 128 Å². The van der Waals surface area contributed by atoms with Gasteiger partial charge in [-0.2, -0.15) is 36.5 Å². The summed E-state index contributed by atoms with van der Waals surface area (Å²) in [7, 11) is 3.91. The van der Waals surface area contributed by atoms with Gasteiger partial charge in [0, 0.05) is 38.6 Å². The second-order valence-corrected chi connectivity index (χ2v) is 22.6. The molecule has 0 aliphatic carbocycles. The van der Waals surface area contributed by atoms with Gasteiger partial charge >= 0.3 is 36.5 Å². The highest BCUT2D eigenvalue weighted by atomic mass is 19.4. The maximum absolute atomic E-state index is 13.8. The number of hydrogen-bond donors (Lipinski definition) is 1. The van der Waals surface area contributed by atoms with Crippen LogP contribution in [0.2, 0.25) is 0 Å². The van der Waals surface area contributed by atoms with Crippen molar-refractivity contribution in [2.75, 3.05) is 44.1 Å². The Bertz CT molecular complexity index is 3500. The molecule has 0 bridgehead atoms. The van der Waals surface area contributed by atoms with Gasteiger partial charge in [0.15, 0.2) is 0 Å². The number of anilines is 2. The molecule has 0 saturated carbocycles. The molecule has 87 heavy (non-hydrogen) atoms. The molecule has 20 nitrogen and oxygen atoms in total. The first kappa shape index (κ1) is 65.4. The van der Waals surface area contributed by atoms with Crippen LogP contribution in [0.25, 0.3) is 11.4 Å². The number of nitrogens with zero attached hydrogens (tertiary/aromatic N) is 8. The number of likely N-dealkylation sites (N-methyl/N-ethyl adjacent to an activating group) is 2. The van der Waals surface area contributed by atoms with E-state index in [0.29, 0.717) is 46.8 Å². The Morgan fingerprint density at radius 2 is 0.943 bits per heavy atom. The van der Waals surface area contributed by atoms with Crippen molar-refractivity contribution in [1.29, 1.82) is 0 Å². The van der Waals surface area contributed by atoms with Crippen LogP contribution in [0, 0.1) is 13.8 Å². The third-order valence-corrected chi connectivity index (χ3v) is 14.0. The fourth-order valence-electron chi connectivity index (χ4n) is 9.75. The Kier molecular flexibility index (Phi) is 19.7. The van der Waals surface area contributed by atoms with Gasteiger partial charge in [0.25, 0.3) is 11.8 Å². The fraction of sp³-hybridized carbons (Fsp3) is 0.410. The summed E-state index contributed by atoms with van der Waals surface area (Å²) in [6, 6.07) is 22.0. The van der Waals surface area contributed by atoms with E-state index in [9.17, 15) is 60.2 Å². The number of carboxylic acids is 1. The van der Waals surface area contributed by atoms with Crippen molar-refractivity contribution >= 4 is 47.3 Å². The van der Waals surface area contributed by atoms with E-state index < -0.39 is 89.4 Å². The van der Waals surface area contributed by atoms with Gasteiger partial charge < -0.3 is 38.6 Å². The summed E-state index contributed by atoms with van der Waals surface area (Å²) in [6.45, 7) is 13.7. The zero-order valence-corrected chi connectivity index (χ0v) is 49.8. The summed E-state index contributed by atoms with van der Waals surface area (Å²) >= 11 is 0. The number of ether oxygens (including phenoxy) is 5. The molecule has 0 saturated heterocycles. The zero-order valence-electron chi connectivity index (χ0n) is 49.8. The van der Waals surface area contributed by atoms with E-state index in [4.69, 9.17) is 23.7 Å². The van der Waals surface area contributed by atoms with Crippen molar-refractivity contribution < 1.29 is 83.9 Å². The van der Waals surface area contributed by atoms with Crippen LogP contribution in [0.5, 0.6) is 11.5 Å². The molecule has 0 fully saturated rings. The minimum atomic E-state index is -4.63. The number of hydrogen-bond acceptors (Lipinski definition) is 13. The maximum Gasteiger partial charge on any atom is 0.433 e. The summed E-state index contributed by atoms with van der Waals surface area (Å²) in [5.74, 6) is -2.14. The summed E-state index contributed by atoms with van der Waals surface area (Å²) < 4.78 is 111. The topological polar surface area (TPSA) is 217 Å². The molecule has 4 aromatic carbocycles. The van der Waals surface area contributed by atoms with E-state index in [1.807, 2.05) is 0 Å². The number of esters is 1. The van der Waals surface area contributed by atoms with Gasteiger partial charge in [-0.1, -0.05) is 36.4 Å². The molecule has 4 heterocycles. The largest absolute Gasteiger partial charge is 0.487 e. The van der Waals surface area contributed by atoms with E-state index in [1.54, 1.807) is 116 Å². The predicted molar refractivity (Wildman–Crippen MR) is 305 cm³/mol. The summed E-state index contributed by atoms with van der Waals surface area (Å²) in [6.07, 6.45) is -10.9. The maximum atomic E-state index is 13.8. The molecule has 1 N–H and O–H groups in total. The highest BCUT2D eigenvalue weighted by molar-refractivity contribution is 6.03. The number of aromatic nitrogens is 4.